The van der Waals surface area contributed by atoms with Crippen LogP contribution in [0.3, 0.4) is 0 Å². The van der Waals surface area contributed by atoms with Crippen molar-refractivity contribution in [3.8, 4) is 5.75 Å². The van der Waals surface area contributed by atoms with E-state index >= 15 is 0 Å². The molecule has 0 unspecified atom stereocenters. The van der Waals surface area contributed by atoms with Gasteiger partial charge in [0.05, 0.1) is 18.0 Å². The predicted molar refractivity (Wildman–Crippen MR) is 255 cm³/mol. The first-order chi connectivity index (χ1) is 28.3. The van der Waals surface area contributed by atoms with Gasteiger partial charge in [-0.05, 0) is 121 Å². The smallest absolute Gasteiger partial charge is 0.205 e. The van der Waals surface area contributed by atoms with E-state index in [0.717, 1.165) is 35.0 Å². The molecular weight excluding hydrogens is 827 g/mol. The van der Waals surface area contributed by atoms with Crippen molar-refractivity contribution in [2.45, 2.75) is 87.0 Å². The highest BCUT2D eigenvalue weighted by atomic mass is 35.5. The first kappa shape index (κ1) is 46.2. The Morgan fingerprint density at radius 1 is 0.443 bits per heavy atom. The van der Waals surface area contributed by atoms with Gasteiger partial charge in [0.15, 0.2) is 0 Å². The Morgan fingerprint density at radius 2 is 0.721 bits per heavy atom. The van der Waals surface area contributed by atoms with Crippen LogP contribution >= 0.6 is 14.5 Å². The summed E-state index contributed by atoms with van der Waals surface area (Å²) in [6.45, 7) is 19.7. The Labute approximate surface area is 377 Å². The highest BCUT2D eigenvalue weighted by molar-refractivity contribution is 7.95. The average Bonchev–Trinajstić information content (AvgIpc) is 3.22. The van der Waals surface area contributed by atoms with Gasteiger partial charge in [0, 0.05) is 25.0 Å². The van der Waals surface area contributed by atoms with Crippen LogP contribution < -0.4 is 61.4 Å². The number of aryl methyl sites for hydroxylation is 7. The molecule has 0 N–H and O–H groups in total. The Hall–Kier alpha value is -4.33. The molecule has 1 aliphatic rings. The van der Waals surface area contributed by atoms with Gasteiger partial charge in [-0.15, -0.1) is 0 Å². The maximum Gasteiger partial charge on any atom is 0.205 e. The number of hydrogen-bond acceptors (Lipinski definition) is 3. The molecule has 0 aliphatic carbocycles. The highest BCUT2D eigenvalue weighted by Crippen LogP contribution is 2.63. The summed E-state index contributed by atoms with van der Waals surface area (Å²) in [5, 5.41) is 8.11. The van der Waals surface area contributed by atoms with Crippen molar-refractivity contribution in [1.82, 2.24) is 4.98 Å². The molecule has 7 heteroatoms. The largest absolute Gasteiger partial charge is 1.00 e. The van der Waals surface area contributed by atoms with E-state index < -0.39 is 20.3 Å². The third-order valence-corrected chi connectivity index (χ3v) is 20.8. The third-order valence-electron chi connectivity index (χ3n) is 12.2. The normalized spacial score (nSPS) is 13.3. The molecule has 2 heterocycles. The van der Waals surface area contributed by atoms with Gasteiger partial charge in [0.2, 0.25) is 5.79 Å². The first-order valence-electron chi connectivity index (χ1n) is 20.8. The number of hydrogen-bond donors (Lipinski definition) is 0. The maximum atomic E-state index is 6.78. The molecule has 0 bridgehead atoms. The lowest BCUT2D eigenvalue weighted by Gasteiger charge is -2.36. The summed E-state index contributed by atoms with van der Waals surface area (Å²) in [5.74, 6) is 0.0948. The van der Waals surface area contributed by atoms with Crippen LogP contribution in [0.15, 0.2) is 146 Å². The van der Waals surface area contributed by atoms with Gasteiger partial charge in [-0.1, -0.05) is 106 Å². The standard InChI is InChI=1S/C54H57NO2P2.2ClH/c1-37-10-22-44(23-11-37)58(45-24-12-38(2)13-25-45,46-26-14-39(3)15-27-46)35-51-50-34-56-54(8,9)57-53(50)43(7)55-52(51)36-59(47-28-16-40(4)17-29-47,48-30-18-41(5)19-31-48)49-32-20-42(6)21-33-49;;/h10-33H,34-36H2,1-9H3;2*1H/q+2;;/p-2. The summed E-state index contributed by atoms with van der Waals surface area (Å²) < 4.78 is 13.4. The quantitative estimate of drug-likeness (QED) is 0.184. The number of fused-ring (bicyclic) bond motifs is 1. The number of ether oxygens (including phenoxy) is 2. The van der Waals surface area contributed by atoms with Crippen LogP contribution in [0.1, 0.15) is 69.7 Å². The lowest BCUT2D eigenvalue weighted by Crippen LogP contribution is -3.00. The van der Waals surface area contributed by atoms with Crippen molar-refractivity contribution in [3.63, 3.8) is 0 Å². The molecule has 0 spiro atoms. The van der Waals surface area contributed by atoms with Gasteiger partial charge in [-0.3, -0.25) is 0 Å². The van der Waals surface area contributed by atoms with E-state index in [4.69, 9.17) is 14.5 Å². The van der Waals surface area contributed by atoms with Crippen LogP contribution in [0.2, 0.25) is 0 Å². The minimum absolute atomic E-state index is 0. The fourth-order valence-corrected chi connectivity index (χ4v) is 17.1. The van der Waals surface area contributed by atoms with Crippen molar-refractivity contribution in [2.75, 3.05) is 0 Å². The van der Waals surface area contributed by atoms with Crippen molar-refractivity contribution in [2.24, 2.45) is 0 Å². The van der Waals surface area contributed by atoms with E-state index in [9.17, 15) is 0 Å². The van der Waals surface area contributed by atoms with Crippen molar-refractivity contribution in [3.05, 3.63) is 201 Å². The zero-order chi connectivity index (χ0) is 41.5. The van der Waals surface area contributed by atoms with Crippen molar-refractivity contribution in [1.29, 1.82) is 0 Å². The number of nitrogens with zero attached hydrogens (tertiary/aromatic N) is 1. The van der Waals surface area contributed by atoms with Crippen LogP contribution in [-0.4, -0.2) is 10.8 Å². The zero-order valence-electron chi connectivity index (χ0n) is 36.9. The number of halogens is 2. The lowest BCUT2D eigenvalue weighted by atomic mass is 10.0. The molecule has 7 aromatic rings. The highest BCUT2D eigenvalue weighted by Gasteiger charge is 2.51. The van der Waals surface area contributed by atoms with E-state index in [0.29, 0.717) is 6.61 Å². The molecular formula is C54H57Cl2NO2P2. The fraction of sp³-hybridized carbons (Fsp3) is 0.241. The second-order valence-electron chi connectivity index (χ2n) is 17.2. The molecule has 8 rings (SSSR count). The molecule has 3 nitrogen and oxygen atoms in total. The molecule has 0 atom stereocenters. The summed E-state index contributed by atoms with van der Waals surface area (Å²) in [6.07, 6.45) is 1.53. The van der Waals surface area contributed by atoms with Gasteiger partial charge in [0.1, 0.15) is 64.4 Å². The Bertz CT molecular complexity index is 2370. The molecule has 6 aromatic carbocycles. The van der Waals surface area contributed by atoms with Crippen LogP contribution in [-0.2, 0) is 23.7 Å². The second kappa shape index (κ2) is 18.6. The minimum atomic E-state index is -2.40. The zero-order valence-corrected chi connectivity index (χ0v) is 40.2. The van der Waals surface area contributed by atoms with E-state index in [1.54, 1.807) is 0 Å². The lowest BCUT2D eigenvalue weighted by molar-refractivity contribution is -0.180. The van der Waals surface area contributed by atoms with E-state index in [-0.39, 0.29) is 24.8 Å². The van der Waals surface area contributed by atoms with E-state index in [1.165, 1.54) is 70.8 Å². The Morgan fingerprint density at radius 3 is 1.02 bits per heavy atom. The Balaban J connectivity index is 0.00000311. The van der Waals surface area contributed by atoms with Crippen LogP contribution in [0, 0.1) is 48.5 Å². The van der Waals surface area contributed by atoms with Gasteiger partial charge < -0.3 is 34.3 Å². The van der Waals surface area contributed by atoms with Crippen molar-refractivity contribution >= 4 is 46.4 Å². The summed E-state index contributed by atoms with van der Waals surface area (Å²) in [5.41, 5.74) is 11.9. The van der Waals surface area contributed by atoms with E-state index in [2.05, 4.69) is 194 Å². The van der Waals surface area contributed by atoms with Crippen LogP contribution in [0.4, 0.5) is 0 Å². The predicted octanol–water partition coefficient (Wildman–Crippen LogP) is 4.88. The van der Waals surface area contributed by atoms with Gasteiger partial charge in [0.25, 0.3) is 0 Å². The number of aromatic nitrogens is 1. The summed E-state index contributed by atoms with van der Waals surface area (Å²) in [4.78, 5) is 5.74. The van der Waals surface area contributed by atoms with Crippen LogP contribution in [0.25, 0.3) is 0 Å². The van der Waals surface area contributed by atoms with Gasteiger partial charge >= 0.3 is 0 Å². The molecule has 314 valence electrons. The molecule has 0 radical (unpaired) electrons. The van der Waals surface area contributed by atoms with E-state index in [1.807, 2.05) is 13.8 Å². The SMILES string of the molecule is Cc1ccc([P+](Cc2nc(C)c3c(c2C[P+](c2ccc(C)cc2)(c2ccc(C)cc2)c2ccc(C)cc2)COC(C)(C)O3)(c2ccc(C)cc2)c2ccc(C)cc2)cc1.[Cl-].[Cl-]. The average molecular weight is 885 g/mol. The molecule has 0 amide bonds. The third kappa shape index (κ3) is 9.11. The fourth-order valence-electron chi connectivity index (χ4n) is 8.68. The summed E-state index contributed by atoms with van der Waals surface area (Å²) in [6, 6.07) is 56.0. The summed E-state index contributed by atoms with van der Waals surface area (Å²) in [7, 11) is -4.77. The number of pyridine rings is 1. The summed E-state index contributed by atoms with van der Waals surface area (Å²) >= 11 is 0. The molecule has 0 saturated carbocycles. The minimum Gasteiger partial charge on any atom is -1.00 e. The van der Waals surface area contributed by atoms with Gasteiger partial charge in [-0.2, -0.15) is 0 Å². The molecule has 1 aromatic heterocycles. The first-order valence-corrected chi connectivity index (χ1v) is 24.8. The van der Waals surface area contributed by atoms with Gasteiger partial charge in [-0.25, -0.2) is 4.98 Å². The molecule has 61 heavy (non-hydrogen) atoms. The number of benzene rings is 6. The topological polar surface area (TPSA) is 31.4 Å². The molecule has 0 saturated heterocycles. The second-order valence-corrected chi connectivity index (χ2v) is 24.1. The van der Waals surface area contributed by atoms with Crippen LogP contribution in [0.5, 0.6) is 5.75 Å². The Kier molecular flexibility index (Phi) is 14.1. The molecule has 0 fully saturated rings. The maximum absolute atomic E-state index is 6.78. The molecule has 1 aliphatic heterocycles. The van der Waals surface area contributed by atoms with Crippen molar-refractivity contribution < 1.29 is 34.3 Å². The number of rotatable bonds is 10. The monoisotopic (exact) mass is 883 g/mol.